The average Bonchev–Trinajstić information content (AvgIpc) is 2.61. The SMILES string of the molecule is Cn1ccn(Cc2ccnc(C#N)c2)c1=O. The first kappa shape index (κ1) is 10.2. The van der Waals surface area contributed by atoms with Crippen molar-refractivity contribution in [2.24, 2.45) is 7.05 Å². The fraction of sp³-hybridized carbons (Fsp3) is 0.182. The minimum Gasteiger partial charge on any atom is -0.302 e. The molecular formula is C11H10N4O. The lowest BCUT2D eigenvalue weighted by molar-refractivity contribution is 0.717. The van der Waals surface area contributed by atoms with Crippen molar-refractivity contribution < 1.29 is 0 Å². The third-order valence-electron chi connectivity index (χ3n) is 2.31. The van der Waals surface area contributed by atoms with Gasteiger partial charge in [0.2, 0.25) is 0 Å². The molecule has 0 aliphatic rings. The summed E-state index contributed by atoms with van der Waals surface area (Å²) in [5, 5.41) is 8.70. The molecule has 0 atom stereocenters. The third-order valence-corrected chi connectivity index (χ3v) is 2.31. The van der Waals surface area contributed by atoms with Gasteiger partial charge in [-0.05, 0) is 17.7 Å². The molecule has 0 spiro atoms. The van der Waals surface area contributed by atoms with Gasteiger partial charge >= 0.3 is 5.69 Å². The van der Waals surface area contributed by atoms with Gasteiger partial charge in [0.1, 0.15) is 11.8 Å². The van der Waals surface area contributed by atoms with Crippen LogP contribution in [0.1, 0.15) is 11.3 Å². The molecule has 0 unspecified atom stereocenters. The van der Waals surface area contributed by atoms with Crippen molar-refractivity contribution in [2.45, 2.75) is 6.54 Å². The standard InChI is InChI=1S/C11H10N4O/c1-14-4-5-15(11(14)16)8-9-2-3-13-10(6-9)7-12/h2-6H,8H2,1H3. The number of imidazole rings is 1. The maximum Gasteiger partial charge on any atom is 0.328 e. The zero-order valence-corrected chi connectivity index (χ0v) is 8.79. The molecule has 0 radical (unpaired) electrons. The highest BCUT2D eigenvalue weighted by molar-refractivity contribution is 5.25. The molecule has 5 heteroatoms. The lowest BCUT2D eigenvalue weighted by Crippen LogP contribution is -2.22. The van der Waals surface area contributed by atoms with Crippen LogP contribution in [0.25, 0.3) is 0 Å². The van der Waals surface area contributed by atoms with E-state index in [-0.39, 0.29) is 5.69 Å². The van der Waals surface area contributed by atoms with E-state index in [4.69, 9.17) is 5.26 Å². The van der Waals surface area contributed by atoms with Gasteiger partial charge in [0, 0.05) is 25.6 Å². The summed E-state index contributed by atoms with van der Waals surface area (Å²) < 4.78 is 3.09. The first-order valence-corrected chi connectivity index (χ1v) is 4.77. The quantitative estimate of drug-likeness (QED) is 0.731. The van der Waals surface area contributed by atoms with Gasteiger partial charge in [-0.25, -0.2) is 9.78 Å². The summed E-state index contributed by atoms with van der Waals surface area (Å²) in [5.41, 5.74) is 1.18. The van der Waals surface area contributed by atoms with Crippen LogP contribution in [0, 0.1) is 11.3 Å². The van der Waals surface area contributed by atoms with Crippen LogP contribution < -0.4 is 5.69 Å². The number of aromatic nitrogens is 3. The van der Waals surface area contributed by atoms with Crippen LogP contribution in [0.5, 0.6) is 0 Å². The molecule has 0 aliphatic carbocycles. The van der Waals surface area contributed by atoms with Gasteiger partial charge in [-0.15, -0.1) is 0 Å². The van der Waals surface area contributed by atoms with Gasteiger partial charge in [0.25, 0.3) is 0 Å². The smallest absolute Gasteiger partial charge is 0.302 e. The first-order chi connectivity index (χ1) is 7.70. The Bertz CT molecular complexity index is 603. The predicted octanol–water partition coefficient (Wildman–Crippen LogP) is 0.502. The third kappa shape index (κ3) is 1.86. The normalized spacial score (nSPS) is 10.0. The summed E-state index contributed by atoms with van der Waals surface area (Å²) in [5.74, 6) is 0. The molecule has 0 aromatic carbocycles. The molecule has 80 valence electrons. The maximum atomic E-state index is 11.6. The second-order valence-electron chi connectivity index (χ2n) is 3.48. The number of pyridine rings is 1. The fourth-order valence-corrected chi connectivity index (χ4v) is 1.46. The molecule has 0 amide bonds. The highest BCUT2D eigenvalue weighted by Crippen LogP contribution is 2.02. The van der Waals surface area contributed by atoms with E-state index in [2.05, 4.69) is 4.98 Å². The molecule has 0 fully saturated rings. The van der Waals surface area contributed by atoms with E-state index in [1.165, 1.54) is 4.57 Å². The van der Waals surface area contributed by atoms with E-state index < -0.39 is 0 Å². The van der Waals surface area contributed by atoms with Crippen molar-refractivity contribution in [3.8, 4) is 6.07 Å². The average molecular weight is 214 g/mol. The molecule has 2 heterocycles. The number of nitriles is 1. The lowest BCUT2D eigenvalue weighted by atomic mass is 10.2. The van der Waals surface area contributed by atoms with Crippen LogP contribution in [0.4, 0.5) is 0 Å². The Balaban J connectivity index is 2.31. The van der Waals surface area contributed by atoms with E-state index in [0.29, 0.717) is 12.2 Å². The van der Waals surface area contributed by atoms with Crippen LogP contribution >= 0.6 is 0 Å². The van der Waals surface area contributed by atoms with Gasteiger partial charge in [-0.2, -0.15) is 5.26 Å². The Hall–Kier alpha value is -2.35. The van der Waals surface area contributed by atoms with E-state index in [9.17, 15) is 4.79 Å². The number of hydrogen-bond acceptors (Lipinski definition) is 3. The fourth-order valence-electron chi connectivity index (χ4n) is 1.46. The summed E-state index contributed by atoms with van der Waals surface area (Å²) >= 11 is 0. The van der Waals surface area contributed by atoms with Crippen molar-refractivity contribution in [2.75, 3.05) is 0 Å². The molecule has 5 nitrogen and oxygen atoms in total. The largest absolute Gasteiger partial charge is 0.328 e. The molecule has 0 saturated carbocycles. The molecule has 2 aromatic rings. The van der Waals surface area contributed by atoms with Gasteiger partial charge in [-0.3, -0.25) is 4.57 Å². The van der Waals surface area contributed by atoms with Crippen LogP contribution in [-0.4, -0.2) is 14.1 Å². The Morgan fingerprint density at radius 1 is 1.50 bits per heavy atom. The minimum atomic E-state index is -0.0738. The van der Waals surface area contributed by atoms with Crippen LogP contribution in [-0.2, 0) is 13.6 Å². The van der Waals surface area contributed by atoms with Crippen molar-refractivity contribution in [3.05, 3.63) is 52.5 Å². The molecule has 0 aliphatic heterocycles. The minimum absolute atomic E-state index is 0.0738. The Kier molecular flexibility index (Phi) is 2.56. The Labute approximate surface area is 92.2 Å². The van der Waals surface area contributed by atoms with Gasteiger partial charge in [0.05, 0.1) is 6.54 Å². The van der Waals surface area contributed by atoms with E-state index in [1.54, 1.807) is 42.3 Å². The highest BCUT2D eigenvalue weighted by atomic mass is 16.1. The van der Waals surface area contributed by atoms with Crippen LogP contribution in [0.3, 0.4) is 0 Å². The van der Waals surface area contributed by atoms with Crippen LogP contribution in [0.2, 0.25) is 0 Å². The Morgan fingerprint density at radius 2 is 2.31 bits per heavy atom. The Morgan fingerprint density at radius 3 is 2.94 bits per heavy atom. The molecular weight excluding hydrogens is 204 g/mol. The molecule has 0 bridgehead atoms. The van der Waals surface area contributed by atoms with Crippen molar-refractivity contribution in [3.63, 3.8) is 0 Å². The van der Waals surface area contributed by atoms with Crippen molar-refractivity contribution in [1.82, 2.24) is 14.1 Å². The zero-order valence-electron chi connectivity index (χ0n) is 8.79. The zero-order chi connectivity index (χ0) is 11.5. The number of rotatable bonds is 2. The predicted molar refractivity (Wildman–Crippen MR) is 57.7 cm³/mol. The number of hydrogen-bond donors (Lipinski definition) is 0. The second-order valence-corrected chi connectivity index (χ2v) is 3.48. The number of aryl methyl sites for hydroxylation is 1. The van der Waals surface area contributed by atoms with E-state index in [1.807, 2.05) is 6.07 Å². The van der Waals surface area contributed by atoms with Gasteiger partial charge < -0.3 is 4.57 Å². The second kappa shape index (κ2) is 4.03. The van der Waals surface area contributed by atoms with E-state index in [0.717, 1.165) is 5.56 Å². The molecule has 0 saturated heterocycles. The molecule has 16 heavy (non-hydrogen) atoms. The monoisotopic (exact) mass is 214 g/mol. The summed E-state index contributed by atoms with van der Waals surface area (Å²) in [6.07, 6.45) is 4.99. The number of nitrogens with zero attached hydrogens (tertiary/aromatic N) is 4. The molecule has 2 rings (SSSR count). The summed E-state index contributed by atoms with van der Waals surface area (Å²) in [7, 11) is 1.70. The van der Waals surface area contributed by atoms with Gasteiger partial charge in [-0.1, -0.05) is 0 Å². The van der Waals surface area contributed by atoms with Crippen molar-refractivity contribution >= 4 is 0 Å². The lowest BCUT2D eigenvalue weighted by Gasteiger charge is -2.01. The summed E-state index contributed by atoms with van der Waals surface area (Å²) in [6.45, 7) is 0.455. The first-order valence-electron chi connectivity index (χ1n) is 4.77. The van der Waals surface area contributed by atoms with E-state index >= 15 is 0 Å². The van der Waals surface area contributed by atoms with Crippen LogP contribution in [0.15, 0.2) is 35.5 Å². The molecule has 2 aromatic heterocycles. The maximum absolute atomic E-state index is 11.6. The summed E-state index contributed by atoms with van der Waals surface area (Å²) in [6, 6.07) is 5.44. The summed E-state index contributed by atoms with van der Waals surface area (Å²) in [4.78, 5) is 15.4. The van der Waals surface area contributed by atoms with Gasteiger partial charge in [0.15, 0.2) is 0 Å². The highest BCUT2D eigenvalue weighted by Gasteiger charge is 2.02. The molecule has 0 N–H and O–H groups in total. The topological polar surface area (TPSA) is 63.6 Å². The van der Waals surface area contributed by atoms with Crippen molar-refractivity contribution in [1.29, 1.82) is 5.26 Å².